The molecule has 3 heterocycles. The largest absolute Gasteiger partial charge is 0.356 e. The summed E-state index contributed by atoms with van der Waals surface area (Å²) in [7, 11) is 0. The van der Waals surface area contributed by atoms with Crippen LogP contribution in [0.25, 0.3) is 5.65 Å². The average molecular weight is 436 g/mol. The fraction of sp³-hybridized carbons (Fsp3) is 0.391. The minimum Gasteiger partial charge on any atom is -0.356 e. The van der Waals surface area contributed by atoms with Crippen molar-refractivity contribution in [3.8, 4) is 0 Å². The second-order valence-corrected chi connectivity index (χ2v) is 8.45. The molecule has 0 radical (unpaired) electrons. The van der Waals surface area contributed by atoms with E-state index in [1.807, 2.05) is 18.2 Å². The van der Waals surface area contributed by atoms with Crippen molar-refractivity contribution >= 4 is 29.6 Å². The number of fused-ring (bicyclic) bond motifs is 1. The van der Waals surface area contributed by atoms with E-state index in [2.05, 4.69) is 25.6 Å². The Kier molecular flexibility index (Phi) is 5.57. The van der Waals surface area contributed by atoms with Gasteiger partial charge in [-0.2, -0.15) is 9.50 Å². The third-order valence-corrected chi connectivity index (χ3v) is 6.12. The predicted molar refractivity (Wildman–Crippen MR) is 118 cm³/mol. The molecule has 1 saturated heterocycles. The van der Waals surface area contributed by atoms with Crippen LogP contribution in [-0.4, -0.2) is 45.9 Å². The number of aromatic nitrogens is 3. The second-order valence-electron chi connectivity index (χ2n) is 8.45. The van der Waals surface area contributed by atoms with E-state index in [0.717, 1.165) is 56.4 Å². The van der Waals surface area contributed by atoms with Crippen LogP contribution in [0.3, 0.4) is 0 Å². The Labute approximate surface area is 184 Å². The molecule has 3 aromatic rings. The highest BCUT2D eigenvalue weighted by atomic mass is 19.1. The lowest BCUT2D eigenvalue weighted by Crippen LogP contribution is -2.44. The van der Waals surface area contributed by atoms with Crippen molar-refractivity contribution in [1.29, 1.82) is 0 Å². The van der Waals surface area contributed by atoms with Crippen LogP contribution in [0.15, 0.2) is 42.5 Å². The molecule has 5 rings (SSSR count). The van der Waals surface area contributed by atoms with Crippen molar-refractivity contribution in [2.45, 2.75) is 37.8 Å². The van der Waals surface area contributed by atoms with E-state index in [-0.39, 0.29) is 23.7 Å². The van der Waals surface area contributed by atoms with Crippen molar-refractivity contribution < 1.29 is 14.0 Å². The molecular weight excluding hydrogens is 411 g/mol. The summed E-state index contributed by atoms with van der Waals surface area (Å²) in [5.74, 6) is 1.02. The molecule has 2 aromatic heterocycles. The van der Waals surface area contributed by atoms with Gasteiger partial charge in [-0.05, 0) is 55.5 Å². The summed E-state index contributed by atoms with van der Waals surface area (Å²) < 4.78 is 15.0. The first-order chi connectivity index (χ1) is 15.6. The quantitative estimate of drug-likeness (QED) is 0.554. The van der Waals surface area contributed by atoms with Gasteiger partial charge in [-0.25, -0.2) is 4.39 Å². The summed E-state index contributed by atoms with van der Waals surface area (Å²) >= 11 is 0. The number of aldehydes is 1. The van der Waals surface area contributed by atoms with Crippen LogP contribution in [0.1, 0.15) is 37.3 Å². The topological polar surface area (TPSA) is 91.6 Å². The molecule has 2 fully saturated rings. The fourth-order valence-electron chi connectivity index (χ4n) is 4.15. The van der Waals surface area contributed by atoms with Gasteiger partial charge in [-0.15, -0.1) is 5.10 Å². The summed E-state index contributed by atoms with van der Waals surface area (Å²) in [5, 5.41) is 10.7. The Balaban J connectivity index is 1.24. The third-order valence-electron chi connectivity index (χ3n) is 6.12. The van der Waals surface area contributed by atoms with Gasteiger partial charge in [-0.1, -0.05) is 18.2 Å². The lowest BCUT2D eigenvalue weighted by molar-refractivity contribution is -0.117. The number of halogens is 1. The Hall–Kier alpha value is -3.33. The van der Waals surface area contributed by atoms with Crippen molar-refractivity contribution in [1.82, 2.24) is 19.9 Å². The molecule has 0 bridgehead atoms. The van der Waals surface area contributed by atoms with E-state index in [1.165, 1.54) is 12.1 Å². The number of hydrogen-bond acceptors (Lipinski definition) is 6. The van der Waals surface area contributed by atoms with Crippen LogP contribution in [0, 0.1) is 11.7 Å². The Morgan fingerprint density at radius 2 is 1.84 bits per heavy atom. The first kappa shape index (κ1) is 20.6. The highest BCUT2D eigenvalue weighted by molar-refractivity contribution is 5.92. The molecule has 1 aliphatic carbocycles. The number of nitrogens with zero attached hydrogens (tertiary/aromatic N) is 4. The number of nitrogens with one attached hydrogen (secondary N) is 2. The highest BCUT2D eigenvalue weighted by Gasteiger charge is 2.30. The van der Waals surface area contributed by atoms with Gasteiger partial charge < -0.3 is 15.0 Å². The minimum atomic E-state index is -0.455. The van der Waals surface area contributed by atoms with Crippen molar-refractivity contribution in [3.63, 3.8) is 0 Å². The van der Waals surface area contributed by atoms with Crippen molar-refractivity contribution in [2.75, 3.05) is 23.3 Å². The molecule has 9 heteroatoms. The summed E-state index contributed by atoms with van der Waals surface area (Å²) in [6.07, 6.45) is 4.43. The lowest BCUT2D eigenvalue weighted by Gasteiger charge is -2.35. The fourth-order valence-corrected chi connectivity index (χ4v) is 4.15. The number of pyridine rings is 1. The minimum absolute atomic E-state index is 0.0137. The standard InChI is InChI=1S/C23H25FN6O2/c24-17-8-6-15(7-9-17)19(14-31)25-18-10-12-29(13-11-18)21-3-1-2-20-26-23(28-30(20)21)27-22(32)16-4-5-16/h1-3,6-9,14,16,18-19,25H,4-5,10-13H2,(H,27,28,32). The maximum atomic E-state index is 13.2. The number of carbonyl (C=O) groups is 2. The Morgan fingerprint density at radius 3 is 2.53 bits per heavy atom. The summed E-state index contributed by atoms with van der Waals surface area (Å²) in [6.45, 7) is 1.57. The van der Waals surface area contributed by atoms with Crippen molar-refractivity contribution in [2.24, 2.45) is 5.92 Å². The molecule has 1 aliphatic heterocycles. The Morgan fingerprint density at radius 1 is 1.09 bits per heavy atom. The molecule has 166 valence electrons. The van der Waals surface area contributed by atoms with E-state index in [0.29, 0.717) is 11.6 Å². The van der Waals surface area contributed by atoms with E-state index in [4.69, 9.17) is 0 Å². The third kappa shape index (κ3) is 4.34. The number of benzene rings is 1. The zero-order valence-electron chi connectivity index (χ0n) is 17.6. The normalized spacial score (nSPS) is 18.0. The van der Waals surface area contributed by atoms with Crippen molar-refractivity contribution in [3.05, 3.63) is 53.8 Å². The number of carbonyl (C=O) groups excluding carboxylic acids is 2. The van der Waals surface area contributed by atoms with E-state index in [1.54, 1.807) is 16.6 Å². The molecule has 1 aromatic carbocycles. The van der Waals surface area contributed by atoms with E-state index >= 15 is 0 Å². The first-order valence-corrected chi connectivity index (χ1v) is 11.0. The van der Waals surface area contributed by atoms with Gasteiger partial charge in [0.2, 0.25) is 11.9 Å². The van der Waals surface area contributed by atoms with Crippen LogP contribution >= 0.6 is 0 Å². The van der Waals surface area contributed by atoms with Gasteiger partial charge >= 0.3 is 0 Å². The summed E-state index contributed by atoms with van der Waals surface area (Å²) in [4.78, 5) is 30.3. The van der Waals surface area contributed by atoms with Gasteiger partial charge in [0.05, 0.1) is 6.04 Å². The van der Waals surface area contributed by atoms with Crippen LogP contribution in [0.4, 0.5) is 16.2 Å². The monoisotopic (exact) mass is 436 g/mol. The zero-order chi connectivity index (χ0) is 22.1. The number of amides is 1. The molecule has 1 atom stereocenters. The van der Waals surface area contributed by atoms with Crippen LogP contribution in [0.2, 0.25) is 0 Å². The molecule has 32 heavy (non-hydrogen) atoms. The van der Waals surface area contributed by atoms with Gasteiger partial charge in [0.15, 0.2) is 5.65 Å². The Bertz CT molecular complexity index is 1120. The smallest absolute Gasteiger partial charge is 0.249 e. The molecular formula is C23H25FN6O2. The van der Waals surface area contributed by atoms with Gasteiger partial charge in [-0.3, -0.25) is 10.1 Å². The molecule has 1 saturated carbocycles. The first-order valence-electron chi connectivity index (χ1n) is 11.0. The number of piperidine rings is 1. The molecule has 1 amide bonds. The second kappa shape index (κ2) is 8.66. The zero-order valence-corrected chi connectivity index (χ0v) is 17.6. The molecule has 2 N–H and O–H groups in total. The molecule has 1 unspecified atom stereocenters. The lowest BCUT2D eigenvalue weighted by atomic mass is 10.0. The average Bonchev–Trinajstić information content (AvgIpc) is 3.58. The van der Waals surface area contributed by atoms with Crippen LogP contribution in [0.5, 0.6) is 0 Å². The molecule has 2 aliphatic rings. The van der Waals surface area contributed by atoms with Gasteiger partial charge in [0, 0.05) is 25.0 Å². The number of anilines is 2. The predicted octanol–water partition coefficient (Wildman–Crippen LogP) is 2.72. The molecule has 0 spiro atoms. The maximum Gasteiger partial charge on any atom is 0.249 e. The van der Waals surface area contributed by atoms with E-state index < -0.39 is 6.04 Å². The highest BCUT2D eigenvalue weighted by Crippen LogP contribution is 2.30. The summed E-state index contributed by atoms with van der Waals surface area (Å²) in [6, 6.07) is 11.5. The maximum absolute atomic E-state index is 13.2. The number of hydrogen-bond donors (Lipinski definition) is 2. The van der Waals surface area contributed by atoms with Crippen LogP contribution < -0.4 is 15.5 Å². The summed E-state index contributed by atoms with van der Waals surface area (Å²) in [5.41, 5.74) is 1.45. The van der Waals surface area contributed by atoms with Gasteiger partial charge in [0.25, 0.3) is 0 Å². The van der Waals surface area contributed by atoms with Crippen LogP contribution in [-0.2, 0) is 9.59 Å². The SMILES string of the molecule is O=CC(NC1CCN(c2cccc3nc(NC(=O)C4CC4)nn23)CC1)c1ccc(F)cc1. The van der Waals surface area contributed by atoms with Gasteiger partial charge in [0.1, 0.15) is 17.9 Å². The number of rotatable bonds is 7. The van der Waals surface area contributed by atoms with E-state index in [9.17, 15) is 14.0 Å². The molecule has 8 nitrogen and oxygen atoms in total.